The molecule has 2 amide bonds. The number of aliphatic hydroxyl groups is 1. The quantitative estimate of drug-likeness (QED) is 0.173. The van der Waals surface area contributed by atoms with Gasteiger partial charge in [-0.2, -0.15) is 0 Å². The number of anilines is 1. The second-order valence-electron chi connectivity index (χ2n) is 10.3. The molecule has 2 aromatic heterocycles. The topological polar surface area (TPSA) is 135 Å². The third-order valence-electron chi connectivity index (χ3n) is 7.23. The van der Waals surface area contributed by atoms with Crippen LogP contribution in [0, 0.1) is 17.6 Å². The summed E-state index contributed by atoms with van der Waals surface area (Å²) >= 11 is 0. The Morgan fingerprint density at radius 2 is 1.84 bits per heavy atom. The molecule has 43 heavy (non-hydrogen) atoms. The predicted molar refractivity (Wildman–Crippen MR) is 142 cm³/mol. The molecule has 0 saturated carbocycles. The zero-order chi connectivity index (χ0) is 30.0. The van der Waals surface area contributed by atoms with E-state index in [1.807, 2.05) is 0 Å². The molecule has 13 nitrogen and oxygen atoms in total. The van der Waals surface area contributed by atoms with Crippen LogP contribution in [0.4, 0.5) is 19.3 Å². The van der Waals surface area contributed by atoms with Crippen LogP contribution in [0.2, 0.25) is 0 Å². The fourth-order valence-electron chi connectivity index (χ4n) is 4.82. The molecule has 0 bridgehead atoms. The van der Waals surface area contributed by atoms with Crippen LogP contribution in [-0.4, -0.2) is 71.1 Å². The van der Waals surface area contributed by atoms with E-state index in [4.69, 9.17) is 4.74 Å². The zero-order valence-electron chi connectivity index (χ0n) is 23.6. The van der Waals surface area contributed by atoms with Gasteiger partial charge in [0.05, 0.1) is 17.6 Å². The summed E-state index contributed by atoms with van der Waals surface area (Å²) in [6, 6.07) is 8.58. The molecule has 3 heterocycles. The number of hydrogen-bond acceptors (Lipinski definition) is 8. The minimum Gasteiger partial charge on any atom is -1.00 e. The monoisotopic (exact) mass is 617 g/mol. The number of halogens is 3. The van der Waals surface area contributed by atoms with E-state index >= 15 is 4.39 Å². The van der Waals surface area contributed by atoms with Crippen molar-refractivity contribution in [2.45, 2.75) is 45.7 Å². The van der Waals surface area contributed by atoms with Crippen LogP contribution in [0.5, 0.6) is 0 Å². The number of esters is 1. The van der Waals surface area contributed by atoms with Crippen molar-refractivity contribution in [3.8, 4) is 5.69 Å². The number of benzene rings is 2. The Hall–Kier alpha value is -4.50. The molecule has 16 heteroatoms. The maximum atomic E-state index is 15.2. The molecule has 0 radical (unpaired) electrons. The average Bonchev–Trinajstić information content (AvgIpc) is 3.73. The highest BCUT2D eigenvalue weighted by Gasteiger charge is 2.47. The highest BCUT2D eigenvalue weighted by atomic mass is 35.5. The van der Waals surface area contributed by atoms with Gasteiger partial charge in [-0.25, -0.2) is 22.8 Å². The van der Waals surface area contributed by atoms with Gasteiger partial charge in [0.15, 0.2) is 0 Å². The summed E-state index contributed by atoms with van der Waals surface area (Å²) in [4.78, 5) is 28.4. The van der Waals surface area contributed by atoms with E-state index < -0.39 is 35.3 Å². The van der Waals surface area contributed by atoms with E-state index in [0.717, 1.165) is 6.07 Å². The molecular formula is C27H30ClF2N9O4. The van der Waals surface area contributed by atoms with Crippen LogP contribution < -0.4 is 21.9 Å². The molecular weight excluding hydrogens is 588 g/mol. The smallest absolute Gasteiger partial charge is 0.324 e. The Morgan fingerprint density at radius 3 is 2.49 bits per heavy atom. The first kappa shape index (κ1) is 31.4. The molecule has 5 rings (SSSR count). The lowest BCUT2D eigenvalue weighted by Gasteiger charge is -2.38. The summed E-state index contributed by atoms with van der Waals surface area (Å²) in [7, 11) is 0. The van der Waals surface area contributed by atoms with Crippen LogP contribution in [0.3, 0.4) is 0 Å². The molecule has 2 aromatic carbocycles. The number of carbonyl (C=O) groups excluding carboxylic acids is 2. The number of urea groups is 1. The van der Waals surface area contributed by atoms with Crippen LogP contribution in [-0.2, 0) is 28.4 Å². The van der Waals surface area contributed by atoms with Crippen LogP contribution >= 0.6 is 0 Å². The Bertz CT molecular complexity index is 1570. The maximum Gasteiger partial charge on any atom is 0.324 e. The lowest BCUT2D eigenvalue weighted by atomic mass is 9.85. The highest BCUT2D eigenvalue weighted by molar-refractivity contribution is 5.94. The van der Waals surface area contributed by atoms with E-state index in [-0.39, 0.29) is 43.7 Å². The standard InChI is InChI=1S/C27H30F2N9O4.ClH/c1-18(2)25(39)42-17-34-15-31-35(16-34)13-27(41,23-9-4-20(28)12-24(23)29)19(3)36-10-11-37(26(36)40)21-5-7-22(8-6-21)38-14-30-32-33-38;/h4-9,12,14-16,18-19,41H,10-11,13,17H2,1-3H3;1H/q+1;/p-1/t19-,27+;/m1./s1. The van der Waals surface area contributed by atoms with Gasteiger partial charge in [-0.15, -0.1) is 9.78 Å². The molecule has 0 spiro atoms. The number of ether oxygens (including phenoxy) is 1. The normalized spacial score (nSPS) is 15.4. The van der Waals surface area contributed by atoms with Gasteiger partial charge in [0, 0.05) is 35.5 Å². The second kappa shape index (κ2) is 12.8. The van der Waals surface area contributed by atoms with Gasteiger partial charge >= 0.3 is 12.0 Å². The van der Waals surface area contributed by atoms with E-state index in [2.05, 4.69) is 20.6 Å². The Morgan fingerprint density at radius 1 is 1.12 bits per heavy atom. The van der Waals surface area contributed by atoms with Crippen molar-refractivity contribution >= 4 is 17.7 Å². The van der Waals surface area contributed by atoms with Gasteiger partial charge in [0.1, 0.15) is 30.1 Å². The second-order valence-corrected chi connectivity index (χ2v) is 10.3. The molecule has 1 aliphatic rings. The van der Waals surface area contributed by atoms with Gasteiger partial charge in [0.2, 0.25) is 13.1 Å². The molecule has 1 aliphatic heterocycles. The molecule has 0 aliphatic carbocycles. The van der Waals surface area contributed by atoms with E-state index in [0.29, 0.717) is 24.0 Å². The van der Waals surface area contributed by atoms with Crippen molar-refractivity contribution in [1.29, 1.82) is 0 Å². The SMILES string of the molecule is CC(C)C(=O)OC[n+]1cnn(C[C@@](O)(c2ccc(F)cc2F)[C@@H](C)N2CCN(c3ccc(-n4cnnn4)cc3)C2=O)c1.[Cl-]. The first-order chi connectivity index (χ1) is 20.1. The van der Waals surface area contributed by atoms with Crippen molar-refractivity contribution in [1.82, 2.24) is 34.9 Å². The Labute approximate surface area is 251 Å². The molecule has 1 N–H and O–H groups in total. The van der Waals surface area contributed by atoms with Crippen molar-refractivity contribution in [2.24, 2.45) is 5.92 Å². The van der Waals surface area contributed by atoms with Crippen molar-refractivity contribution in [3.63, 3.8) is 0 Å². The average molecular weight is 618 g/mol. The van der Waals surface area contributed by atoms with Gasteiger partial charge in [-0.1, -0.05) is 19.9 Å². The van der Waals surface area contributed by atoms with Crippen molar-refractivity contribution < 1.29 is 45.2 Å². The molecule has 1 saturated heterocycles. The van der Waals surface area contributed by atoms with Crippen molar-refractivity contribution in [3.05, 3.63) is 78.6 Å². The van der Waals surface area contributed by atoms with Gasteiger partial charge < -0.3 is 27.2 Å². The first-order valence-corrected chi connectivity index (χ1v) is 13.2. The number of tetrazole rings is 1. The summed E-state index contributed by atoms with van der Waals surface area (Å²) in [5, 5.41) is 27.4. The Kier molecular flexibility index (Phi) is 9.35. The number of rotatable bonds is 10. The lowest BCUT2D eigenvalue weighted by molar-refractivity contribution is -0.728. The lowest BCUT2D eigenvalue weighted by Crippen LogP contribution is -3.00. The molecule has 0 unspecified atom stereocenters. The molecule has 228 valence electrons. The fraction of sp³-hybridized carbons (Fsp3) is 0.370. The van der Waals surface area contributed by atoms with Gasteiger partial charge in [-0.05, 0) is 47.7 Å². The summed E-state index contributed by atoms with van der Waals surface area (Å²) in [6.07, 6.45) is 4.33. The fourth-order valence-corrected chi connectivity index (χ4v) is 4.82. The summed E-state index contributed by atoms with van der Waals surface area (Å²) in [5.41, 5.74) is -0.891. The number of amides is 2. The third-order valence-corrected chi connectivity index (χ3v) is 7.23. The molecule has 1 fully saturated rings. The van der Waals surface area contributed by atoms with E-state index in [1.54, 1.807) is 49.9 Å². The van der Waals surface area contributed by atoms with Crippen LogP contribution in [0.15, 0.2) is 61.4 Å². The first-order valence-electron chi connectivity index (χ1n) is 13.2. The minimum absolute atomic E-state index is 0. The van der Waals surface area contributed by atoms with Gasteiger partial charge in [0.25, 0.3) is 6.33 Å². The highest BCUT2D eigenvalue weighted by Crippen LogP contribution is 2.35. The summed E-state index contributed by atoms with van der Waals surface area (Å²) < 4.78 is 38.5. The maximum absolute atomic E-state index is 15.2. The number of nitrogens with zero attached hydrogens (tertiary/aromatic N) is 9. The zero-order valence-corrected chi connectivity index (χ0v) is 24.3. The number of hydrogen-bond donors (Lipinski definition) is 1. The largest absolute Gasteiger partial charge is 1.00 e. The van der Waals surface area contributed by atoms with Gasteiger partial charge in [-0.3, -0.25) is 9.69 Å². The van der Waals surface area contributed by atoms with E-state index in [9.17, 15) is 19.1 Å². The van der Waals surface area contributed by atoms with Crippen LogP contribution in [0.25, 0.3) is 5.69 Å². The molecule has 4 aromatic rings. The Balaban J connectivity index is 0.00000423. The summed E-state index contributed by atoms with van der Waals surface area (Å²) in [6.45, 7) is 5.19. The van der Waals surface area contributed by atoms with E-state index in [1.165, 1.54) is 43.9 Å². The van der Waals surface area contributed by atoms with Crippen molar-refractivity contribution in [2.75, 3.05) is 18.0 Å². The third kappa shape index (κ3) is 6.46. The molecule has 2 atom stereocenters. The summed E-state index contributed by atoms with van der Waals surface area (Å²) in [5.74, 6) is -2.47. The predicted octanol–water partition coefficient (Wildman–Crippen LogP) is -1.20. The number of aromatic nitrogens is 7. The van der Waals surface area contributed by atoms with Crippen LogP contribution in [0.1, 0.15) is 26.3 Å². The number of carbonyl (C=O) groups is 2. The minimum atomic E-state index is -2.02.